The highest BCUT2D eigenvalue weighted by Crippen LogP contribution is 2.21. The Hall–Kier alpha value is -2.51. The molecule has 0 aliphatic heterocycles. The van der Waals surface area contributed by atoms with Gasteiger partial charge in [-0.1, -0.05) is 6.07 Å². The van der Waals surface area contributed by atoms with Crippen LogP contribution in [0.25, 0.3) is 5.69 Å². The van der Waals surface area contributed by atoms with Gasteiger partial charge in [-0.3, -0.25) is 10.1 Å². The Labute approximate surface area is 95.2 Å². The number of nitrogens with zero attached hydrogens (tertiary/aromatic N) is 5. The predicted octanol–water partition coefficient (Wildman–Crippen LogP) is 0.183. The van der Waals surface area contributed by atoms with Crippen molar-refractivity contribution in [3.63, 3.8) is 0 Å². The fourth-order valence-electron chi connectivity index (χ4n) is 1.42. The summed E-state index contributed by atoms with van der Waals surface area (Å²) >= 11 is 0. The van der Waals surface area contributed by atoms with E-state index in [-0.39, 0.29) is 11.4 Å². The van der Waals surface area contributed by atoms with E-state index in [9.17, 15) is 14.9 Å². The second kappa shape index (κ2) is 3.81. The zero-order valence-electron chi connectivity index (χ0n) is 9.19. The maximum Gasteiger partial charge on any atom is 0.368 e. The molecule has 0 saturated carbocycles. The van der Waals surface area contributed by atoms with Gasteiger partial charge in [-0.05, 0) is 29.0 Å². The monoisotopic (exact) mass is 235 g/mol. The Bertz CT molecular complexity index is 642. The molecule has 0 spiro atoms. The highest BCUT2D eigenvalue weighted by molar-refractivity contribution is 5.53. The second-order valence-electron chi connectivity index (χ2n) is 3.55. The molecule has 0 radical (unpaired) electrons. The summed E-state index contributed by atoms with van der Waals surface area (Å²) < 4.78 is 1.90. The van der Waals surface area contributed by atoms with Crippen LogP contribution in [0.4, 0.5) is 5.69 Å². The van der Waals surface area contributed by atoms with Crippen LogP contribution in [0.5, 0.6) is 0 Å². The lowest BCUT2D eigenvalue weighted by molar-refractivity contribution is -0.384. The van der Waals surface area contributed by atoms with Crippen LogP contribution in [0.2, 0.25) is 0 Å². The van der Waals surface area contributed by atoms with Gasteiger partial charge in [0.25, 0.3) is 5.69 Å². The van der Waals surface area contributed by atoms with Crippen molar-refractivity contribution in [2.24, 2.45) is 7.05 Å². The largest absolute Gasteiger partial charge is 0.368 e. The van der Waals surface area contributed by atoms with Crippen LogP contribution < -0.4 is 5.69 Å². The van der Waals surface area contributed by atoms with E-state index >= 15 is 0 Å². The predicted molar refractivity (Wildman–Crippen MR) is 58.0 cm³/mol. The van der Waals surface area contributed by atoms with Gasteiger partial charge in [-0.2, -0.15) is 9.36 Å². The number of rotatable bonds is 2. The van der Waals surface area contributed by atoms with Crippen molar-refractivity contribution in [1.29, 1.82) is 0 Å². The molecule has 8 heteroatoms. The Morgan fingerprint density at radius 1 is 1.35 bits per heavy atom. The number of hydrogen-bond acceptors (Lipinski definition) is 5. The topological polar surface area (TPSA) is 95.8 Å². The van der Waals surface area contributed by atoms with Crippen molar-refractivity contribution < 1.29 is 4.92 Å². The zero-order chi connectivity index (χ0) is 12.6. The molecule has 17 heavy (non-hydrogen) atoms. The van der Waals surface area contributed by atoms with Crippen molar-refractivity contribution in [2.75, 3.05) is 0 Å². The minimum atomic E-state index is -0.552. The minimum Gasteiger partial charge on any atom is -0.258 e. The first-order valence-corrected chi connectivity index (χ1v) is 4.75. The van der Waals surface area contributed by atoms with Crippen molar-refractivity contribution in [1.82, 2.24) is 19.8 Å². The molecule has 0 aliphatic carbocycles. The van der Waals surface area contributed by atoms with Crippen molar-refractivity contribution in [2.45, 2.75) is 6.92 Å². The fourth-order valence-corrected chi connectivity index (χ4v) is 1.42. The third kappa shape index (κ3) is 1.80. The molecule has 1 heterocycles. The summed E-state index contributed by atoms with van der Waals surface area (Å²) in [6.07, 6.45) is 0. The molecule has 1 aromatic carbocycles. The molecule has 0 amide bonds. The van der Waals surface area contributed by atoms with Gasteiger partial charge in [0.1, 0.15) is 5.69 Å². The molecule has 1 aromatic heterocycles. The molecule has 2 rings (SSSR count). The normalized spacial score (nSPS) is 10.5. The smallest absolute Gasteiger partial charge is 0.258 e. The van der Waals surface area contributed by atoms with Crippen LogP contribution in [0.3, 0.4) is 0 Å². The fraction of sp³-hybridized carbons (Fsp3) is 0.222. The molecule has 0 aliphatic rings. The molecule has 0 bridgehead atoms. The lowest BCUT2D eigenvalue weighted by atomic mass is 10.2. The first-order valence-electron chi connectivity index (χ1n) is 4.75. The zero-order valence-corrected chi connectivity index (χ0v) is 9.19. The summed E-state index contributed by atoms with van der Waals surface area (Å²) in [4.78, 5) is 22.0. The summed E-state index contributed by atoms with van der Waals surface area (Å²) in [5, 5.41) is 18.0. The lowest BCUT2D eigenvalue weighted by Gasteiger charge is -2.01. The van der Waals surface area contributed by atoms with Crippen LogP contribution in [0.15, 0.2) is 23.0 Å². The Morgan fingerprint density at radius 2 is 2.06 bits per heavy atom. The molecule has 88 valence electrons. The van der Waals surface area contributed by atoms with Crippen LogP contribution in [-0.2, 0) is 7.05 Å². The van der Waals surface area contributed by atoms with E-state index in [0.717, 1.165) is 14.9 Å². The van der Waals surface area contributed by atoms with Crippen LogP contribution in [-0.4, -0.2) is 24.7 Å². The maximum absolute atomic E-state index is 11.6. The van der Waals surface area contributed by atoms with Gasteiger partial charge in [0.15, 0.2) is 0 Å². The third-order valence-electron chi connectivity index (χ3n) is 2.28. The van der Waals surface area contributed by atoms with Crippen molar-refractivity contribution >= 4 is 5.69 Å². The molecule has 0 atom stereocenters. The van der Waals surface area contributed by atoms with Gasteiger partial charge in [0.2, 0.25) is 0 Å². The molecule has 0 N–H and O–H groups in total. The average molecular weight is 235 g/mol. The number of nitro groups is 1. The van der Waals surface area contributed by atoms with Gasteiger partial charge in [-0.25, -0.2) is 4.79 Å². The van der Waals surface area contributed by atoms with Gasteiger partial charge in [0, 0.05) is 13.1 Å². The summed E-state index contributed by atoms with van der Waals surface area (Å²) in [7, 11) is 1.42. The molecule has 0 unspecified atom stereocenters. The number of aromatic nitrogens is 4. The highest BCUT2D eigenvalue weighted by Gasteiger charge is 2.18. The van der Waals surface area contributed by atoms with E-state index in [2.05, 4.69) is 10.4 Å². The number of tetrazole rings is 1. The molecule has 8 nitrogen and oxygen atoms in total. The van der Waals surface area contributed by atoms with Crippen molar-refractivity contribution in [3.8, 4) is 5.69 Å². The van der Waals surface area contributed by atoms with Gasteiger partial charge >= 0.3 is 5.69 Å². The summed E-state index contributed by atoms with van der Waals surface area (Å²) in [5.74, 6) is 0. The molecular formula is C9H9N5O3. The Morgan fingerprint density at radius 3 is 2.59 bits per heavy atom. The number of aryl methyl sites for hydroxylation is 2. The van der Waals surface area contributed by atoms with E-state index < -0.39 is 10.6 Å². The van der Waals surface area contributed by atoms with Crippen molar-refractivity contribution in [3.05, 3.63) is 44.4 Å². The summed E-state index contributed by atoms with van der Waals surface area (Å²) in [5.41, 5.74) is 0.139. The maximum atomic E-state index is 11.6. The summed E-state index contributed by atoms with van der Waals surface area (Å²) in [6.45, 7) is 1.73. The lowest BCUT2D eigenvalue weighted by Crippen LogP contribution is -2.22. The number of nitro benzene ring substituents is 1. The second-order valence-corrected chi connectivity index (χ2v) is 3.55. The van der Waals surface area contributed by atoms with Gasteiger partial charge in [0.05, 0.1) is 4.92 Å². The summed E-state index contributed by atoms with van der Waals surface area (Å²) in [6, 6.07) is 4.53. The Kier molecular flexibility index (Phi) is 2.47. The highest BCUT2D eigenvalue weighted by atomic mass is 16.6. The number of benzene rings is 1. The molecule has 0 saturated heterocycles. The SMILES string of the molecule is Cc1ccc(-n2nnn(C)c2=O)c([N+](=O)[O-])c1. The number of hydrogen-bond donors (Lipinski definition) is 0. The first kappa shape index (κ1) is 11.0. The van der Waals surface area contributed by atoms with Crippen LogP contribution in [0, 0.1) is 17.0 Å². The molecular weight excluding hydrogens is 226 g/mol. The average Bonchev–Trinajstić information content (AvgIpc) is 2.60. The Balaban J connectivity index is 2.71. The van der Waals surface area contributed by atoms with Gasteiger partial charge in [-0.15, -0.1) is 0 Å². The van der Waals surface area contributed by atoms with E-state index in [0.29, 0.717) is 0 Å². The van der Waals surface area contributed by atoms with E-state index in [1.807, 2.05) is 0 Å². The van der Waals surface area contributed by atoms with E-state index in [1.54, 1.807) is 13.0 Å². The van der Waals surface area contributed by atoms with E-state index in [4.69, 9.17) is 0 Å². The van der Waals surface area contributed by atoms with Gasteiger partial charge < -0.3 is 0 Å². The standard InChI is InChI=1S/C9H9N5O3/c1-6-3-4-7(8(5-6)14(16)17)13-9(15)12(2)10-11-13/h3-5H,1-2H3. The first-order chi connectivity index (χ1) is 8.00. The van der Waals surface area contributed by atoms with Crippen LogP contribution >= 0.6 is 0 Å². The van der Waals surface area contributed by atoms with E-state index in [1.165, 1.54) is 19.2 Å². The molecule has 2 aromatic rings. The molecule has 0 fully saturated rings. The third-order valence-corrected chi connectivity index (χ3v) is 2.28. The van der Waals surface area contributed by atoms with Crippen LogP contribution in [0.1, 0.15) is 5.56 Å². The quantitative estimate of drug-likeness (QED) is 0.546. The minimum absolute atomic E-state index is 0.110.